The molecule has 0 atom stereocenters. The van der Waals surface area contributed by atoms with Crippen LogP contribution in [0.3, 0.4) is 0 Å². The average Bonchev–Trinajstić information content (AvgIpc) is 2.73. The molecular formula is C14H18O3. The monoisotopic (exact) mass is 234 g/mol. The maximum atomic E-state index is 11.4. The van der Waals surface area contributed by atoms with E-state index in [0.29, 0.717) is 18.6 Å². The molecule has 3 nitrogen and oxygen atoms in total. The van der Waals surface area contributed by atoms with Crippen LogP contribution < -0.4 is 4.74 Å². The third-order valence-electron chi connectivity index (χ3n) is 3.45. The van der Waals surface area contributed by atoms with Crippen LogP contribution in [-0.4, -0.2) is 16.7 Å². The highest BCUT2D eigenvalue weighted by Crippen LogP contribution is 2.36. The molecule has 0 amide bonds. The van der Waals surface area contributed by atoms with E-state index in [0.717, 1.165) is 24.0 Å². The molecule has 0 heterocycles. The van der Waals surface area contributed by atoms with Crippen LogP contribution in [0.15, 0.2) is 18.2 Å². The number of carboxylic acids is 1. The van der Waals surface area contributed by atoms with Crippen molar-refractivity contribution in [3.8, 4) is 5.75 Å². The first-order valence-corrected chi connectivity index (χ1v) is 6.03. The molecule has 1 fully saturated rings. The zero-order chi connectivity index (χ0) is 12.5. The lowest BCUT2D eigenvalue weighted by Gasteiger charge is -2.26. The first-order valence-electron chi connectivity index (χ1n) is 6.03. The van der Waals surface area contributed by atoms with E-state index in [1.165, 1.54) is 0 Å². The Morgan fingerprint density at radius 1 is 1.29 bits per heavy atom. The summed E-state index contributed by atoms with van der Waals surface area (Å²) in [5, 5.41) is 9.36. The maximum Gasteiger partial charge on any atom is 0.348 e. The van der Waals surface area contributed by atoms with Crippen molar-refractivity contribution in [1.29, 1.82) is 0 Å². The third kappa shape index (κ3) is 2.28. The second-order valence-electron chi connectivity index (χ2n) is 4.88. The summed E-state index contributed by atoms with van der Waals surface area (Å²) in [6, 6.07) is 5.89. The van der Waals surface area contributed by atoms with Gasteiger partial charge in [-0.2, -0.15) is 0 Å². The molecule has 0 spiro atoms. The summed E-state index contributed by atoms with van der Waals surface area (Å²) >= 11 is 0. The van der Waals surface area contributed by atoms with Crippen LogP contribution in [0, 0.1) is 13.8 Å². The zero-order valence-electron chi connectivity index (χ0n) is 10.3. The lowest BCUT2D eigenvalue weighted by atomic mass is 10.0. The van der Waals surface area contributed by atoms with Crippen LogP contribution in [0.25, 0.3) is 0 Å². The minimum Gasteiger partial charge on any atom is -0.478 e. The first kappa shape index (κ1) is 12.0. The zero-order valence-corrected chi connectivity index (χ0v) is 10.3. The predicted octanol–water partition coefficient (Wildman–Crippen LogP) is 3.08. The van der Waals surface area contributed by atoms with Crippen molar-refractivity contribution >= 4 is 5.97 Å². The van der Waals surface area contributed by atoms with Crippen LogP contribution in [0.1, 0.15) is 36.8 Å². The van der Waals surface area contributed by atoms with Crippen LogP contribution in [0.5, 0.6) is 5.75 Å². The van der Waals surface area contributed by atoms with E-state index < -0.39 is 11.6 Å². The van der Waals surface area contributed by atoms with Gasteiger partial charge in [-0.25, -0.2) is 4.79 Å². The van der Waals surface area contributed by atoms with Gasteiger partial charge in [0.05, 0.1) is 0 Å². The van der Waals surface area contributed by atoms with E-state index in [2.05, 4.69) is 0 Å². The van der Waals surface area contributed by atoms with Gasteiger partial charge >= 0.3 is 5.97 Å². The Kier molecular flexibility index (Phi) is 3.09. The molecule has 1 saturated carbocycles. The van der Waals surface area contributed by atoms with E-state index in [4.69, 9.17) is 4.74 Å². The Labute approximate surface area is 101 Å². The molecule has 3 heteroatoms. The van der Waals surface area contributed by atoms with Gasteiger partial charge in [-0.05, 0) is 56.7 Å². The van der Waals surface area contributed by atoms with E-state index in [-0.39, 0.29) is 0 Å². The molecule has 92 valence electrons. The molecule has 0 aliphatic heterocycles. The molecule has 1 aliphatic carbocycles. The van der Waals surface area contributed by atoms with Crippen molar-refractivity contribution in [2.45, 2.75) is 45.1 Å². The Bertz CT molecular complexity index is 431. The Morgan fingerprint density at radius 2 is 1.94 bits per heavy atom. The average molecular weight is 234 g/mol. The Hall–Kier alpha value is -1.51. The topological polar surface area (TPSA) is 46.5 Å². The van der Waals surface area contributed by atoms with E-state index in [1.807, 2.05) is 32.0 Å². The standard InChI is InChI=1S/C14H18O3/c1-10-5-6-11(2)12(9-10)17-14(13(15)16)7-3-4-8-14/h5-6,9H,3-4,7-8H2,1-2H3,(H,15,16). The molecule has 17 heavy (non-hydrogen) atoms. The number of carboxylic acid groups (broad SMARTS) is 1. The molecule has 1 aromatic carbocycles. The van der Waals surface area contributed by atoms with Crippen LogP contribution in [-0.2, 0) is 4.79 Å². The largest absolute Gasteiger partial charge is 0.478 e. The summed E-state index contributed by atoms with van der Waals surface area (Å²) in [6.07, 6.45) is 3.07. The van der Waals surface area contributed by atoms with Gasteiger partial charge in [-0.3, -0.25) is 0 Å². The van der Waals surface area contributed by atoms with Crippen LogP contribution >= 0.6 is 0 Å². The molecule has 0 aromatic heterocycles. The van der Waals surface area contributed by atoms with Gasteiger partial charge in [0, 0.05) is 0 Å². The Morgan fingerprint density at radius 3 is 2.53 bits per heavy atom. The van der Waals surface area contributed by atoms with Gasteiger partial charge in [0.15, 0.2) is 0 Å². The number of aliphatic carboxylic acids is 1. The van der Waals surface area contributed by atoms with E-state index >= 15 is 0 Å². The van der Waals surface area contributed by atoms with Crippen LogP contribution in [0.4, 0.5) is 0 Å². The molecule has 1 aromatic rings. The van der Waals surface area contributed by atoms with Gasteiger partial charge in [0.25, 0.3) is 0 Å². The highest BCUT2D eigenvalue weighted by molar-refractivity contribution is 5.78. The summed E-state index contributed by atoms with van der Waals surface area (Å²) in [7, 11) is 0. The molecule has 0 saturated heterocycles. The normalized spacial score (nSPS) is 18.0. The quantitative estimate of drug-likeness (QED) is 0.874. The third-order valence-corrected chi connectivity index (χ3v) is 3.45. The molecule has 0 radical (unpaired) electrons. The highest BCUT2D eigenvalue weighted by atomic mass is 16.5. The number of carbonyl (C=O) groups is 1. The second-order valence-corrected chi connectivity index (χ2v) is 4.88. The van der Waals surface area contributed by atoms with Gasteiger partial charge in [0.2, 0.25) is 5.60 Å². The predicted molar refractivity (Wildman–Crippen MR) is 65.4 cm³/mol. The number of aryl methyl sites for hydroxylation is 2. The Balaban J connectivity index is 2.29. The van der Waals surface area contributed by atoms with Crippen molar-refractivity contribution in [3.05, 3.63) is 29.3 Å². The summed E-state index contributed by atoms with van der Waals surface area (Å²) in [5.41, 5.74) is 1.07. The SMILES string of the molecule is Cc1ccc(C)c(OC2(C(=O)O)CCCC2)c1. The fourth-order valence-electron chi connectivity index (χ4n) is 2.33. The summed E-state index contributed by atoms with van der Waals surface area (Å²) < 4.78 is 5.84. The minimum atomic E-state index is -1.00. The van der Waals surface area contributed by atoms with Crippen LogP contribution in [0.2, 0.25) is 0 Å². The maximum absolute atomic E-state index is 11.4. The van der Waals surface area contributed by atoms with Gasteiger partial charge < -0.3 is 9.84 Å². The summed E-state index contributed by atoms with van der Waals surface area (Å²) in [6.45, 7) is 3.92. The molecule has 1 N–H and O–H groups in total. The number of hydrogen-bond donors (Lipinski definition) is 1. The number of benzene rings is 1. The number of hydrogen-bond acceptors (Lipinski definition) is 2. The summed E-state index contributed by atoms with van der Waals surface area (Å²) in [5.74, 6) is -0.134. The fourth-order valence-corrected chi connectivity index (χ4v) is 2.33. The van der Waals surface area contributed by atoms with Crippen molar-refractivity contribution in [1.82, 2.24) is 0 Å². The van der Waals surface area contributed by atoms with Crippen molar-refractivity contribution in [2.24, 2.45) is 0 Å². The minimum absolute atomic E-state index is 0.607. The van der Waals surface area contributed by atoms with Gasteiger partial charge in [-0.15, -0.1) is 0 Å². The molecule has 0 bridgehead atoms. The molecule has 0 unspecified atom stereocenters. The number of ether oxygens (including phenoxy) is 1. The van der Waals surface area contributed by atoms with E-state index in [9.17, 15) is 9.90 Å². The van der Waals surface area contributed by atoms with Crippen molar-refractivity contribution < 1.29 is 14.6 Å². The van der Waals surface area contributed by atoms with E-state index in [1.54, 1.807) is 0 Å². The first-order chi connectivity index (χ1) is 8.03. The summed E-state index contributed by atoms with van der Waals surface area (Å²) in [4.78, 5) is 11.4. The van der Waals surface area contributed by atoms with Gasteiger partial charge in [0.1, 0.15) is 5.75 Å². The van der Waals surface area contributed by atoms with Crippen molar-refractivity contribution in [2.75, 3.05) is 0 Å². The fraction of sp³-hybridized carbons (Fsp3) is 0.500. The molecular weight excluding hydrogens is 216 g/mol. The molecule has 1 aliphatic rings. The smallest absolute Gasteiger partial charge is 0.348 e. The lowest BCUT2D eigenvalue weighted by molar-refractivity contribution is -0.154. The van der Waals surface area contributed by atoms with Crippen molar-refractivity contribution in [3.63, 3.8) is 0 Å². The molecule has 2 rings (SSSR count). The number of rotatable bonds is 3. The highest BCUT2D eigenvalue weighted by Gasteiger charge is 2.44. The van der Waals surface area contributed by atoms with Gasteiger partial charge in [-0.1, -0.05) is 12.1 Å². The lowest BCUT2D eigenvalue weighted by Crippen LogP contribution is -2.41. The second kappa shape index (κ2) is 4.40.